The van der Waals surface area contributed by atoms with Crippen molar-refractivity contribution in [3.8, 4) is 5.75 Å². The number of rotatable bonds is 5. The number of anilines is 4. The van der Waals surface area contributed by atoms with Crippen molar-refractivity contribution in [2.24, 2.45) is 5.92 Å². The summed E-state index contributed by atoms with van der Waals surface area (Å²) in [6.45, 7) is 5.75. The highest BCUT2D eigenvalue weighted by Gasteiger charge is 2.42. The van der Waals surface area contributed by atoms with E-state index in [9.17, 15) is 23.1 Å². The van der Waals surface area contributed by atoms with E-state index in [0.29, 0.717) is 51.0 Å². The minimum atomic E-state index is -4.84. The zero-order valence-electron chi connectivity index (χ0n) is 20.9. The number of carbonyl (C=O) groups is 1. The fourth-order valence-electron chi connectivity index (χ4n) is 4.90. The number of alkyl halides is 3. The second-order valence-corrected chi connectivity index (χ2v) is 9.69. The smallest absolute Gasteiger partial charge is 0.437 e. The Morgan fingerprint density at radius 2 is 1.79 bits per heavy atom. The Bertz CT molecular complexity index is 1270. The number of phenols is 1. The molecule has 2 aliphatic heterocycles. The second-order valence-electron chi connectivity index (χ2n) is 9.69. The number of piperidine rings is 1. The van der Waals surface area contributed by atoms with Gasteiger partial charge in [-0.1, -0.05) is 19.1 Å². The Morgan fingerprint density at radius 1 is 1.05 bits per heavy atom. The molecule has 1 atom stereocenters. The van der Waals surface area contributed by atoms with Crippen LogP contribution in [0, 0.1) is 5.92 Å². The largest absolute Gasteiger partial charge is 0.506 e. The summed E-state index contributed by atoms with van der Waals surface area (Å²) in [6.07, 6.45) is -1.64. The molecule has 3 aromatic rings. The van der Waals surface area contributed by atoms with E-state index in [4.69, 9.17) is 4.42 Å². The molecule has 0 bridgehead atoms. The number of nitrogens with zero attached hydrogens (tertiary/aromatic N) is 5. The van der Waals surface area contributed by atoms with Crippen LogP contribution in [0.4, 0.5) is 36.4 Å². The Labute approximate surface area is 217 Å². The summed E-state index contributed by atoms with van der Waals surface area (Å²) in [5.74, 6) is -0.698. The van der Waals surface area contributed by atoms with Crippen molar-refractivity contribution >= 4 is 29.1 Å². The SMILES string of the molecule is CC1CCCN(c2nc(C(F)(F)F)c(C(=O)Nc3ccc(N4CCN(c5ccccc5O)CC4)nc3)o2)C1. The molecule has 0 aliphatic carbocycles. The number of nitrogens with one attached hydrogen (secondary N) is 1. The predicted octanol–water partition coefficient (Wildman–Crippen LogP) is 4.61. The van der Waals surface area contributed by atoms with Gasteiger partial charge in [-0.05, 0) is 43.0 Å². The van der Waals surface area contributed by atoms with Crippen molar-refractivity contribution in [3.63, 3.8) is 0 Å². The number of pyridine rings is 1. The van der Waals surface area contributed by atoms with Gasteiger partial charge in [-0.2, -0.15) is 18.2 Å². The van der Waals surface area contributed by atoms with Gasteiger partial charge >= 0.3 is 6.18 Å². The Kier molecular flexibility index (Phi) is 7.04. The number of hydrogen-bond acceptors (Lipinski definition) is 8. The molecule has 0 radical (unpaired) electrons. The lowest BCUT2D eigenvalue weighted by molar-refractivity contribution is -0.141. The minimum absolute atomic E-state index is 0.189. The third-order valence-corrected chi connectivity index (χ3v) is 6.85. The molecule has 4 heterocycles. The molecular weight excluding hydrogens is 501 g/mol. The quantitative estimate of drug-likeness (QED) is 0.494. The molecule has 5 rings (SSSR count). The number of para-hydroxylation sites is 2. The van der Waals surface area contributed by atoms with Crippen LogP contribution in [-0.4, -0.2) is 60.3 Å². The topological polar surface area (TPSA) is 98.0 Å². The number of aromatic nitrogens is 2. The zero-order valence-corrected chi connectivity index (χ0v) is 20.9. The maximum absolute atomic E-state index is 13.7. The molecule has 9 nitrogen and oxygen atoms in total. The summed E-state index contributed by atoms with van der Waals surface area (Å²) in [7, 11) is 0. The molecule has 0 saturated carbocycles. The number of phenolic OH excluding ortho intramolecular Hbond substituents is 1. The zero-order chi connectivity index (χ0) is 26.9. The Hall–Kier alpha value is -3.96. The van der Waals surface area contributed by atoms with Gasteiger partial charge in [0.05, 0.1) is 17.6 Å². The summed E-state index contributed by atoms with van der Waals surface area (Å²) >= 11 is 0. The Balaban J connectivity index is 1.25. The summed E-state index contributed by atoms with van der Waals surface area (Å²) in [4.78, 5) is 26.6. The number of oxazole rings is 1. The lowest BCUT2D eigenvalue weighted by Gasteiger charge is -2.36. The minimum Gasteiger partial charge on any atom is -0.506 e. The molecule has 12 heteroatoms. The van der Waals surface area contributed by atoms with E-state index in [1.165, 1.54) is 6.20 Å². The van der Waals surface area contributed by atoms with Crippen LogP contribution in [0.1, 0.15) is 36.0 Å². The first-order valence-electron chi connectivity index (χ1n) is 12.6. The average molecular weight is 531 g/mol. The van der Waals surface area contributed by atoms with Crippen LogP contribution >= 0.6 is 0 Å². The maximum atomic E-state index is 13.7. The van der Waals surface area contributed by atoms with E-state index in [1.807, 2.05) is 19.1 Å². The summed E-state index contributed by atoms with van der Waals surface area (Å²) < 4.78 is 46.4. The lowest BCUT2D eigenvalue weighted by Crippen LogP contribution is -2.46. The third-order valence-electron chi connectivity index (χ3n) is 6.85. The van der Waals surface area contributed by atoms with Gasteiger partial charge < -0.3 is 29.5 Å². The number of hydrogen-bond donors (Lipinski definition) is 2. The number of benzene rings is 1. The van der Waals surface area contributed by atoms with Gasteiger partial charge in [-0.25, -0.2) is 4.98 Å². The molecule has 2 N–H and O–H groups in total. The molecule has 1 unspecified atom stereocenters. The summed E-state index contributed by atoms with van der Waals surface area (Å²) in [6, 6.07) is 10.3. The standard InChI is InChI=1S/C26H29F3N6O3/c1-17-5-4-10-35(16-17)25-32-23(26(27,28)29)22(38-25)24(37)31-18-8-9-21(30-15-18)34-13-11-33(12-14-34)19-6-2-3-7-20(19)36/h2-3,6-9,15,17,36H,4-5,10-14,16H2,1H3,(H,31,37). The number of carbonyl (C=O) groups excluding carboxylic acids is 1. The van der Waals surface area contributed by atoms with Crippen molar-refractivity contribution in [1.29, 1.82) is 0 Å². The molecule has 1 amide bonds. The van der Waals surface area contributed by atoms with Crippen LogP contribution in [0.3, 0.4) is 0 Å². The predicted molar refractivity (Wildman–Crippen MR) is 137 cm³/mol. The molecule has 2 fully saturated rings. The summed E-state index contributed by atoms with van der Waals surface area (Å²) in [5, 5.41) is 12.5. The van der Waals surface area contributed by atoms with Crippen LogP contribution in [0.2, 0.25) is 0 Å². The van der Waals surface area contributed by atoms with Crippen molar-refractivity contribution in [3.05, 3.63) is 54.0 Å². The van der Waals surface area contributed by atoms with Crippen molar-refractivity contribution in [1.82, 2.24) is 9.97 Å². The highest BCUT2D eigenvalue weighted by molar-refractivity contribution is 6.03. The first-order chi connectivity index (χ1) is 18.2. The maximum Gasteiger partial charge on any atom is 0.437 e. The average Bonchev–Trinajstić information content (AvgIpc) is 3.37. The fraction of sp³-hybridized carbons (Fsp3) is 0.423. The number of aromatic hydroxyl groups is 1. The van der Waals surface area contributed by atoms with Gasteiger partial charge in [0.15, 0.2) is 5.69 Å². The molecule has 0 spiro atoms. The van der Waals surface area contributed by atoms with Crippen molar-refractivity contribution in [2.75, 3.05) is 59.3 Å². The number of piperazine rings is 1. The van der Waals surface area contributed by atoms with E-state index in [-0.39, 0.29) is 17.5 Å². The van der Waals surface area contributed by atoms with E-state index < -0.39 is 23.5 Å². The van der Waals surface area contributed by atoms with E-state index >= 15 is 0 Å². The molecule has 2 aliphatic rings. The lowest BCUT2D eigenvalue weighted by atomic mass is 10.0. The highest BCUT2D eigenvalue weighted by atomic mass is 19.4. The van der Waals surface area contributed by atoms with Gasteiger partial charge in [-0.3, -0.25) is 4.79 Å². The molecule has 202 valence electrons. The second kappa shape index (κ2) is 10.4. The van der Waals surface area contributed by atoms with Crippen molar-refractivity contribution in [2.45, 2.75) is 25.9 Å². The van der Waals surface area contributed by atoms with Crippen LogP contribution < -0.4 is 20.0 Å². The van der Waals surface area contributed by atoms with E-state index in [2.05, 4.69) is 25.1 Å². The fourth-order valence-corrected chi connectivity index (χ4v) is 4.90. The molecule has 1 aromatic carbocycles. The first kappa shape index (κ1) is 25.7. The van der Waals surface area contributed by atoms with Crippen molar-refractivity contribution < 1.29 is 27.5 Å². The monoisotopic (exact) mass is 530 g/mol. The van der Waals surface area contributed by atoms with Gasteiger partial charge in [-0.15, -0.1) is 0 Å². The molecule has 2 saturated heterocycles. The van der Waals surface area contributed by atoms with E-state index in [0.717, 1.165) is 18.5 Å². The van der Waals surface area contributed by atoms with Crippen LogP contribution in [-0.2, 0) is 6.18 Å². The Morgan fingerprint density at radius 3 is 2.45 bits per heavy atom. The van der Waals surface area contributed by atoms with Crippen LogP contribution in [0.15, 0.2) is 47.0 Å². The van der Waals surface area contributed by atoms with Crippen LogP contribution in [0.25, 0.3) is 0 Å². The van der Waals surface area contributed by atoms with Gasteiger partial charge in [0.25, 0.3) is 11.9 Å². The van der Waals surface area contributed by atoms with Gasteiger partial charge in [0.1, 0.15) is 11.6 Å². The first-order valence-corrected chi connectivity index (χ1v) is 12.6. The molecule has 38 heavy (non-hydrogen) atoms. The van der Waals surface area contributed by atoms with Crippen LogP contribution in [0.5, 0.6) is 5.75 Å². The van der Waals surface area contributed by atoms with Gasteiger partial charge in [0, 0.05) is 39.3 Å². The van der Waals surface area contributed by atoms with E-state index in [1.54, 1.807) is 29.2 Å². The summed E-state index contributed by atoms with van der Waals surface area (Å²) in [5.41, 5.74) is -0.318. The van der Waals surface area contributed by atoms with Gasteiger partial charge in [0.2, 0.25) is 5.76 Å². The normalized spacial score (nSPS) is 18.5. The molecular formula is C26H29F3N6O3. The molecule has 2 aromatic heterocycles. The highest BCUT2D eigenvalue weighted by Crippen LogP contribution is 2.35. The number of amides is 1. The number of halogens is 3. The third kappa shape index (κ3) is 5.48.